The summed E-state index contributed by atoms with van der Waals surface area (Å²) < 4.78 is 5.42. The van der Waals surface area contributed by atoms with Gasteiger partial charge in [0, 0.05) is 12.5 Å². The zero-order valence-corrected chi connectivity index (χ0v) is 23.3. The number of nitrogens with one attached hydrogen (secondary N) is 2. The lowest BCUT2D eigenvalue weighted by Crippen LogP contribution is -2.54. The van der Waals surface area contributed by atoms with Crippen LogP contribution in [0.3, 0.4) is 0 Å². The maximum atomic E-state index is 14.1. The molecule has 3 amide bonds. The highest BCUT2D eigenvalue weighted by molar-refractivity contribution is 5.92. The minimum Gasteiger partial charge on any atom is -0.444 e. The van der Waals surface area contributed by atoms with E-state index in [0.717, 1.165) is 24.0 Å². The summed E-state index contributed by atoms with van der Waals surface area (Å²) in [6.45, 7) is 10.7. The first-order valence-corrected chi connectivity index (χ1v) is 13.0. The molecule has 2 aromatic rings. The molecule has 2 N–H and O–H groups in total. The van der Waals surface area contributed by atoms with E-state index in [0.29, 0.717) is 5.56 Å². The van der Waals surface area contributed by atoms with Crippen molar-refractivity contribution in [3.05, 3.63) is 71.3 Å². The van der Waals surface area contributed by atoms with Gasteiger partial charge < -0.3 is 20.3 Å². The highest BCUT2D eigenvalue weighted by Gasteiger charge is 2.37. The number of alkyl carbamates (subject to hydrolysis) is 1. The molecular formula is C30H40N4O4. The van der Waals surface area contributed by atoms with Gasteiger partial charge in [-0.25, -0.2) is 4.79 Å². The summed E-state index contributed by atoms with van der Waals surface area (Å²) in [4.78, 5) is 41.8. The van der Waals surface area contributed by atoms with Gasteiger partial charge in [0.05, 0.1) is 6.07 Å². The molecule has 8 nitrogen and oxygen atoms in total. The van der Waals surface area contributed by atoms with Gasteiger partial charge in [-0.15, -0.1) is 0 Å². The van der Waals surface area contributed by atoms with Gasteiger partial charge in [-0.05, 0) is 57.7 Å². The van der Waals surface area contributed by atoms with Gasteiger partial charge in [0.1, 0.15) is 24.2 Å². The lowest BCUT2D eigenvalue weighted by molar-refractivity contribution is -0.142. The molecule has 0 bridgehead atoms. The number of ether oxygens (including phenoxy) is 1. The first-order valence-electron chi connectivity index (χ1n) is 13.0. The van der Waals surface area contributed by atoms with Crippen LogP contribution < -0.4 is 10.6 Å². The fourth-order valence-electron chi connectivity index (χ4n) is 4.24. The molecule has 204 valence electrons. The number of nitriles is 1. The molecule has 0 heterocycles. The lowest BCUT2D eigenvalue weighted by Gasteiger charge is -2.34. The minimum atomic E-state index is -1.06. The molecule has 0 aromatic heterocycles. The first-order chi connectivity index (χ1) is 18.0. The van der Waals surface area contributed by atoms with Crippen LogP contribution in [0.15, 0.2) is 54.6 Å². The van der Waals surface area contributed by atoms with E-state index in [-0.39, 0.29) is 24.9 Å². The summed E-state index contributed by atoms with van der Waals surface area (Å²) in [6, 6.07) is 16.4. The van der Waals surface area contributed by atoms with Crippen molar-refractivity contribution in [1.82, 2.24) is 15.5 Å². The van der Waals surface area contributed by atoms with Crippen LogP contribution in [-0.4, -0.2) is 47.0 Å². The molecule has 0 radical (unpaired) electrons. The normalized spacial score (nSPS) is 13.4. The molecule has 3 atom stereocenters. The number of nitrogens with zero attached hydrogens (tertiary/aromatic N) is 2. The van der Waals surface area contributed by atoms with Crippen molar-refractivity contribution in [2.24, 2.45) is 0 Å². The third-order valence-electron chi connectivity index (χ3n) is 5.95. The van der Waals surface area contributed by atoms with Crippen LogP contribution in [0.4, 0.5) is 4.79 Å². The van der Waals surface area contributed by atoms with Crippen molar-refractivity contribution in [2.45, 2.75) is 84.5 Å². The van der Waals surface area contributed by atoms with Crippen LogP contribution in [0.5, 0.6) is 0 Å². The summed E-state index contributed by atoms with van der Waals surface area (Å²) >= 11 is 0. The highest BCUT2D eigenvalue weighted by atomic mass is 16.6. The van der Waals surface area contributed by atoms with Gasteiger partial charge in [-0.1, -0.05) is 67.9 Å². The zero-order valence-electron chi connectivity index (χ0n) is 23.3. The van der Waals surface area contributed by atoms with Crippen LogP contribution in [-0.2, 0) is 20.7 Å². The van der Waals surface area contributed by atoms with Gasteiger partial charge in [0.25, 0.3) is 0 Å². The zero-order chi connectivity index (χ0) is 28.3. The number of carbonyl (C=O) groups is 3. The molecule has 0 aliphatic carbocycles. The van der Waals surface area contributed by atoms with E-state index in [1.165, 1.54) is 4.90 Å². The van der Waals surface area contributed by atoms with Gasteiger partial charge in [0.2, 0.25) is 11.8 Å². The Morgan fingerprint density at radius 1 is 1.03 bits per heavy atom. The SMILES string of the molecule is CCCC(C)NC(=O)C(c1ccccc1C)N(CC#N)C(=O)C(Cc1ccccc1)NC(=O)OC(C)(C)C. The van der Waals surface area contributed by atoms with E-state index in [9.17, 15) is 19.6 Å². The molecule has 0 saturated carbocycles. The van der Waals surface area contributed by atoms with E-state index >= 15 is 0 Å². The number of benzene rings is 2. The van der Waals surface area contributed by atoms with Gasteiger partial charge in [-0.2, -0.15) is 5.26 Å². The maximum absolute atomic E-state index is 14.1. The molecule has 38 heavy (non-hydrogen) atoms. The van der Waals surface area contributed by atoms with Crippen molar-refractivity contribution in [3.63, 3.8) is 0 Å². The third kappa shape index (κ3) is 9.22. The first kappa shape index (κ1) is 30.4. The van der Waals surface area contributed by atoms with Crippen LogP contribution in [0.25, 0.3) is 0 Å². The highest BCUT2D eigenvalue weighted by Crippen LogP contribution is 2.26. The number of hydrogen-bond donors (Lipinski definition) is 2. The molecule has 2 aromatic carbocycles. The van der Waals surface area contributed by atoms with E-state index < -0.39 is 29.7 Å². The lowest BCUT2D eigenvalue weighted by atomic mass is 9.96. The van der Waals surface area contributed by atoms with Crippen molar-refractivity contribution >= 4 is 17.9 Å². The Hall–Kier alpha value is -3.86. The van der Waals surface area contributed by atoms with Crippen LogP contribution in [0, 0.1) is 18.3 Å². The van der Waals surface area contributed by atoms with E-state index in [1.807, 2.05) is 69.3 Å². The summed E-state index contributed by atoms with van der Waals surface area (Å²) in [5.41, 5.74) is 1.47. The topological polar surface area (TPSA) is 112 Å². The molecule has 3 unspecified atom stereocenters. The van der Waals surface area contributed by atoms with E-state index in [1.54, 1.807) is 32.9 Å². The molecular weight excluding hydrogens is 480 g/mol. The van der Waals surface area contributed by atoms with Gasteiger partial charge in [0.15, 0.2) is 0 Å². The Morgan fingerprint density at radius 2 is 1.66 bits per heavy atom. The van der Waals surface area contributed by atoms with E-state index in [2.05, 4.69) is 10.6 Å². The Labute approximate surface area is 226 Å². The summed E-state index contributed by atoms with van der Waals surface area (Å²) in [5, 5.41) is 15.4. The average Bonchev–Trinajstić information content (AvgIpc) is 2.83. The standard InChI is InChI=1S/C30H40N4O4/c1-7-13-22(3)32-27(35)26(24-17-12-11-14-21(24)2)34(19-18-31)28(36)25(20-23-15-9-8-10-16-23)33-29(37)38-30(4,5)6/h8-12,14-17,22,25-26H,7,13,19-20H2,1-6H3,(H,32,35)(H,33,37). The number of aryl methyl sites for hydroxylation is 1. The second-order valence-corrected chi connectivity index (χ2v) is 10.5. The van der Waals surface area contributed by atoms with Crippen molar-refractivity contribution < 1.29 is 19.1 Å². The largest absolute Gasteiger partial charge is 0.444 e. The number of carbonyl (C=O) groups excluding carboxylic acids is 3. The number of hydrogen-bond acceptors (Lipinski definition) is 5. The predicted octanol–water partition coefficient (Wildman–Crippen LogP) is 4.83. The fraction of sp³-hybridized carbons (Fsp3) is 0.467. The molecule has 0 fully saturated rings. The van der Waals surface area contributed by atoms with Crippen LogP contribution in [0.1, 0.15) is 70.2 Å². The predicted molar refractivity (Wildman–Crippen MR) is 147 cm³/mol. The molecule has 0 aliphatic heterocycles. The Bertz CT molecular complexity index is 1120. The maximum Gasteiger partial charge on any atom is 0.408 e. The third-order valence-corrected chi connectivity index (χ3v) is 5.95. The Balaban J connectivity index is 2.53. The van der Waals surface area contributed by atoms with Gasteiger partial charge in [-0.3, -0.25) is 9.59 Å². The monoisotopic (exact) mass is 520 g/mol. The summed E-state index contributed by atoms with van der Waals surface area (Å²) in [5.74, 6) is -0.924. The molecule has 2 rings (SSSR count). The summed E-state index contributed by atoms with van der Waals surface area (Å²) in [7, 11) is 0. The van der Waals surface area contributed by atoms with Crippen LogP contribution in [0.2, 0.25) is 0 Å². The van der Waals surface area contributed by atoms with Gasteiger partial charge >= 0.3 is 6.09 Å². The van der Waals surface area contributed by atoms with E-state index in [4.69, 9.17) is 4.74 Å². The second-order valence-electron chi connectivity index (χ2n) is 10.5. The average molecular weight is 521 g/mol. The fourth-order valence-corrected chi connectivity index (χ4v) is 4.24. The molecule has 0 aliphatic rings. The minimum absolute atomic E-state index is 0.113. The molecule has 0 saturated heterocycles. The number of amides is 3. The molecule has 8 heteroatoms. The van der Waals surface area contributed by atoms with Crippen LogP contribution >= 0.6 is 0 Å². The van der Waals surface area contributed by atoms with Crippen molar-refractivity contribution in [1.29, 1.82) is 5.26 Å². The second kappa shape index (κ2) is 14.2. The quantitative estimate of drug-likeness (QED) is 0.412. The number of rotatable bonds is 11. The van der Waals surface area contributed by atoms with Crippen molar-refractivity contribution in [2.75, 3.05) is 6.54 Å². The van der Waals surface area contributed by atoms with Crippen molar-refractivity contribution in [3.8, 4) is 6.07 Å². The smallest absolute Gasteiger partial charge is 0.408 e. The summed E-state index contributed by atoms with van der Waals surface area (Å²) in [6.07, 6.45) is 1.07. The Kier molecular flexibility index (Phi) is 11.3. The Morgan fingerprint density at radius 3 is 2.24 bits per heavy atom. The molecule has 0 spiro atoms.